The number of furan rings is 1. The van der Waals surface area contributed by atoms with E-state index < -0.39 is 16.7 Å². The van der Waals surface area contributed by atoms with Crippen LogP contribution >= 0.6 is 15.9 Å². The van der Waals surface area contributed by atoms with Gasteiger partial charge in [0.2, 0.25) is 11.7 Å². The van der Waals surface area contributed by atoms with Gasteiger partial charge in [0.05, 0.1) is 22.6 Å². The van der Waals surface area contributed by atoms with Crippen molar-refractivity contribution in [3.63, 3.8) is 0 Å². The minimum Gasteiger partial charge on any atom is -0.457 e. The second-order valence-corrected chi connectivity index (χ2v) is 7.71. The molecule has 0 saturated heterocycles. The van der Waals surface area contributed by atoms with Gasteiger partial charge in [-0.2, -0.15) is 0 Å². The fraction of sp³-hybridized carbons (Fsp3) is 0.0952. The minimum absolute atomic E-state index is 0.00453. The van der Waals surface area contributed by atoms with E-state index in [0.717, 1.165) is 0 Å². The van der Waals surface area contributed by atoms with Crippen molar-refractivity contribution in [1.82, 2.24) is 10.3 Å². The normalized spacial score (nSPS) is 13.4. The molecule has 2 amide bonds. The summed E-state index contributed by atoms with van der Waals surface area (Å²) in [5.74, 6) is -0.450. The first-order valence-electron chi connectivity index (χ1n) is 9.06. The Bertz CT molecular complexity index is 1300. The minimum atomic E-state index is -0.521. The Labute approximate surface area is 183 Å². The monoisotopic (exact) mass is 483 g/mol. The highest BCUT2D eigenvalue weighted by Crippen LogP contribution is 2.33. The van der Waals surface area contributed by atoms with Crippen LogP contribution in [0.2, 0.25) is 0 Å². The van der Waals surface area contributed by atoms with Crippen molar-refractivity contribution in [3.8, 4) is 11.3 Å². The number of nitrogens with one attached hydrogen (secondary N) is 2. The van der Waals surface area contributed by atoms with E-state index in [0.29, 0.717) is 38.4 Å². The van der Waals surface area contributed by atoms with Gasteiger partial charge in [-0.05, 0) is 58.8 Å². The number of imide groups is 1. The topological polar surface area (TPSA) is 135 Å². The quantitative estimate of drug-likeness (QED) is 0.185. The van der Waals surface area contributed by atoms with Crippen LogP contribution in [0.25, 0.3) is 17.4 Å². The number of nitro groups is 1. The molecule has 156 valence electrons. The summed E-state index contributed by atoms with van der Waals surface area (Å²) in [5.41, 5.74) is 2.03. The molecule has 2 N–H and O–H groups in total. The van der Waals surface area contributed by atoms with Gasteiger partial charge >= 0.3 is 0 Å². The molecular weight excluding hydrogens is 470 g/mol. The number of nitrogens with zero attached hydrogens (tertiary/aromatic N) is 1. The number of non-ortho nitro benzene ring substituents is 1. The molecule has 4 rings (SSSR count). The summed E-state index contributed by atoms with van der Waals surface area (Å²) >= 11 is 3.30. The van der Waals surface area contributed by atoms with Crippen molar-refractivity contribution in [1.29, 1.82) is 0 Å². The SMILES string of the molecule is Cc1c(C(=O)/C=C/c2ccc(-c3ccc([N+](=O)[O-])cc3Br)o2)[nH]c2c1C(=O)NC(=O)C2. The highest BCUT2D eigenvalue weighted by molar-refractivity contribution is 9.10. The number of aromatic amines is 1. The van der Waals surface area contributed by atoms with Gasteiger partial charge in [0, 0.05) is 27.9 Å². The van der Waals surface area contributed by atoms with Gasteiger partial charge in [-0.15, -0.1) is 0 Å². The molecule has 1 aromatic carbocycles. The smallest absolute Gasteiger partial charge is 0.270 e. The Balaban J connectivity index is 1.56. The lowest BCUT2D eigenvalue weighted by Gasteiger charge is -2.11. The summed E-state index contributed by atoms with van der Waals surface area (Å²) in [6, 6.07) is 7.67. The zero-order chi connectivity index (χ0) is 22.3. The predicted molar refractivity (Wildman–Crippen MR) is 114 cm³/mol. The zero-order valence-electron chi connectivity index (χ0n) is 16.0. The Morgan fingerprint density at radius 3 is 2.74 bits per heavy atom. The number of aromatic nitrogens is 1. The van der Waals surface area contributed by atoms with Crippen molar-refractivity contribution in [3.05, 3.63) is 79.3 Å². The third kappa shape index (κ3) is 3.84. The van der Waals surface area contributed by atoms with Crippen molar-refractivity contribution < 1.29 is 23.7 Å². The molecule has 1 aliphatic heterocycles. The lowest BCUT2D eigenvalue weighted by molar-refractivity contribution is -0.384. The maximum Gasteiger partial charge on any atom is 0.270 e. The third-order valence-electron chi connectivity index (χ3n) is 4.85. The lowest BCUT2D eigenvalue weighted by atomic mass is 10.0. The number of fused-ring (bicyclic) bond motifs is 1. The number of hydrogen-bond acceptors (Lipinski definition) is 6. The summed E-state index contributed by atoms with van der Waals surface area (Å²) in [5, 5.41) is 13.1. The lowest BCUT2D eigenvalue weighted by Crippen LogP contribution is -2.37. The number of halogens is 1. The zero-order valence-corrected chi connectivity index (χ0v) is 17.6. The Kier molecular flexibility index (Phi) is 5.15. The van der Waals surface area contributed by atoms with Crippen molar-refractivity contribution in [2.24, 2.45) is 0 Å². The van der Waals surface area contributed by atoms with E-state index >= 15 is 0 Å². The number of H-pyrrole nitrogens is 1. The van der Waals surface area contributed by atoms with E-state index in [1.807, 2.05) is 0 Å². The molecule has 9 nitrogen and oxygen atoms in total. The molecule has 0 aliphatic carbocycles. The van der Waals surface area contributed by atoms with Gasteiger partial charge in [-0.3, -0.25) is 29.8 Å². The summed E-state index contributed by atoms with van der Waals surface area (Å²) in [6.07, 6.45) is 2.79. The molecule has 0 fully saturated rings. The standard InChI is InChI=1S/C21H14BrN3O6/c1-10-19-15(9-18(27)24-21(19)28)23-20(10)16(26)6-3-12-4-7-17(31-12)13-5-2-11(25(29)30)8-14(13)22/h2-8,23H,9H2,1H3,(H,24,27,28)/b6-3+. The van der Waals surface area contributed by atoms with Crippen LogP contribution in [-0.4, -0.2) is 27.5 Å². The summed E-state index contributed by atoms with van der Waals surface area (Å²) in [4.78, 5) is 49.4. The number of allylic oxidation sites excluding steroid dienone is 1. The number of carbonyl (C=O) groups is 3. The number of rotatable bonds is 5. The van der Waals surface area contributed by atoms with Gasteiger partial charge < -0.3 is 9.40 Å². The van der Waals surface area contributed by atoms with Crippen LogP contribution in [-0.2, 0) is 11.2 Å². The van der Waals surface area contributed by atoms with Crippen LogP contribution in [0, 0.1) is 17.0 Å². The average molecular weight is 484 g/mol. The highest BCUT2D eigenvalue weighted by Gasteiger charge is 2.29. The van der Waals surface area contributed by atoms with E-state index in [4.69, 9.17) is 4.42 Å². The molecule has 10 heteroatoms. The van der Waals surface area contributed by atoms with Crippen molar-refractivity contribution >= 4 is 45.3 Å². The molecule has 3 aromatic rings. The van der Waals surface area contributed by atoms with Gasteiger partial charge in [-0.25, -0.2) is 0 Å². The average Bonchev–Trinajstić information content (AvgIpc) is 3.30. The van der Waals surface area contributed by atoms with Gasteiger partial charge in [0.25, 0.3) is 11.6 Å². The molecule has 31 heavy (non-hydrogen) atoms. The fourth-order valence-corrected chi connectivity index (χ4v) is 3.95. The maximum atomic E-state index is 12.6. The van der Waals surface area contributed by atoms with Crippen LogP contribution in [0.5, 0.6) is 0 Å². The number of benzene rings is 1. The summed E-state index contributed by atoms with van der Waals surface area (Å²) in [7, 11) is 0. The van der Waals surface area contributed by atoms with Gasteiger partial charge in [-0.1, -0.05) is 0 Å². The van der Waals surface area contributed by atoms with Crippen LogP contribution in [0.1, 0.15) is 37.9 Å². The van der Waals surface area contributed by atoms with Crippen molar-refractivity contribution in [2.75, 3.05) is 0 Å². The third-order valence-corrected chi connectivity index (χ3v) is 5.50. The van der Waals surface area contributed by atoms with Gasteiger partial charge in [0.15, 0.2) is 0 Å². The molecule has 3 heterocycles. The molecular formula is C21H14BrN3O6. The van der Waals surface area contributed by atoms with E-state index in [9.17, 15) is 24.5 Å². The molecule has 2 aromatic heterocycles. The Hall–Kier alpha value is -3.79. The second kappa shape index (κ2) is 7.80. The molecule has 0 unspecified atom stereocenters. The summed E-state index contributed by atoms with van der Waals surface area (Å²) < 4.78 is 6.22. The second-order valence-electron chi connectivity index (χ2n) is 6.85. The maximum absolute atomic E-state index is 12.6. The van der Waals surface area contributed by atoms with E-state index in [1.165, 1.54) is 24.3 Å². The number of ketones is 1. The molecule has 0 bridgehead atoms. The Morgan fingerprint density at radius 1 is 1.26 bits per heavy atom. The molecule has 0 spiro atoms. The first kappa shape index (κ1) is 20.5. The van der Waals surface area contributed by atoms with Crippen LogP contribution in [0.3, 0.4) is 0 Å². The number of nitro benzene ring substituents is 1. The van der Waals surface area contributed by atoms with E-state index in [-0.39, 0.29) is 23.6 Å². The van der Waals surface area contributed by atoms with E-state index in [2.05, 4.69) is 26.2 Å². The first-order valence-corrected chi connectivity index (χ1v) is 9.86. The fourth-order valence-electron chi connectivity index (χ4n) is 3.38. The van der Waals surface area contributed by atoms with Crippen molar-refractivity contribution in [2.45, 2.75) is 13.3 Å². The number of amides is 2. The first-order chi connectivity index (χ1) is 14.7. The number of carbonyl (C=O) groups excluding carboxylic acids is 3. The van der Waals surface area contributed by atoms with Gasteiger partial charge in [0.1, 0.15) is 11.5 Å². The molecule has 0 saturated carbocycles. The molecule has 0 atom stereocenters. The van der Waals surface area contributed by atoms with Crippen LogP contribution in [0.4, 0.5) is 5.69 Å². The van der Waals surface area contributed by atoms with E-state index in [1.54, 1.807) is 25.1 Å². The molecule has 0 radical (unpaired) electrons. The number of hydrogen-bond donors (Lipinski definition) is 2. The summed E-state index contributed by atoms with van der Waals surface area (Å²) in [6.45, 7) is 1.64. The predicted octanol–water partition coefficient (Wildman–Crippen LogP) is 3.96. The Morgan fingerprint density at radius 2 is 2.03 bits per heavy atom. The highest BCUT2D eigenvalue weighted by atomic mass is 79.9. The largest absolute Gasteiger partial charge is 0.457 e. The van der Waals surface area contributed by atoms with Crippen LogP contribution in [0.15, 0.2) is 45.3 Å². The van der Waals surface area contributed by atoms with Crippen LogP contribution < -0.4 is 5.32 Å². The molecule has 1 aliphatic rings.